The fraction of sp³-hybridized carbons (Fsp3) is 0.0667. The zero-order chi connectivity index (χ0) is 15.2. The summed E-state index contributed by atoms with van der Waals surface area (Å²) in [5.41, 5.74) is 1.15. The van der Waals surface area contributed by atoms with Gasteiger partial charge < -0.3 is 10.1 Å². The van der Waals surface area contributed by atoms with Gasteiger partial charge in [0, 0.05) is 14.5 Å². The Balaban J connectivity index is 1.95. The van der Waals surface area contributed by atoms with Gasteiger partial charge in [-0.1, -0.05) is 28.1 Å². The molecule has 0 bridgehead atoms. The monoisotopic (exact) mass is 411 g/mol. The lowest BCUT2D eigenvalue weighted by Gasteiger charge is -2.09. The van der Waals surface area contributed by atoms with Crippen LogP contribution in [-0.2, 0) is 4.79 Å². The molecule has 0 atom stereocenters. The minimum Gasteiger partial charge on any atom is -0.484 e. The summed E-state index contributed by atoms with van der Waals surface area (Å²) >= 11 is 6.60. The van der Waals surface area contributed by atoms with Crippen molar-refractivity contribution in [2.24, 2.45) is 0 Å². The molecule has 4 nitrogen and oxygen atoms in total. The number of benzene rings is 2. The second-order valence-electron chi connectivity index (χ2n) is 4.12. The number of carbonyl (C=O) groups is 2. The van der Waals surface area contributed by atoms with Crippen molar-refractivity contribution in [2.75, 3.05) is 11.9 Å². The average Bonchev–Trinajstić information content (AvgIpc) is 2.49. The standard InChI is InChI=1S/C15H11Br2NO3/c16-12-6-5-11(7-10(12)8-19)21-9-15(20)18-14-4-2-1-3-13(14)17/h1-8H,9H2,(H,18,20). The molecule has 2 aromatic rings. The van der Waals surface area contributed by atoms with Crippen molar-refractivity contribution in [1.29, 1.82) is 0 Å². The molecule has 0 aliphatic carbocycles. The van der Waals surface area contributed by atoms with Crippen LogP contribution in [0.4, 0.5) is 5.69 Å². The Morgan fingerprint density at radius 2 is 1.90 bits per heavy atom. The fourth-order valence-corrected chi connectivity index (χ4v) is 2.32. The summed E-state index contributed by atoms with van der Waals surface area (Å²) in [4.78, 5) is 22.6. The van der Waals surface area contributed by atoms with Crippen molar-refractivity contribution in [2.45, 2.75) is 0 Å². The number of hydrogen-bond donors (Lipinski definition) is 1. The largest absolute Gasteiger partial charge is 0.484 e. The van der Waals surface area contributed by atoms with E-state index >= 15 is 0 Å². The predicted octanol–water partition coefficient (Wildman–Crippen LogP) is 4.04. The van der Waals surface area contributed by atoms with Crippen LogP contribution in [0.25, 0.3) is 0 Å². The van der Waals surface area contributed by atoms with Crippen LogP contribution in [0.5, 0.6) is 5.75 Å². The molecule has 108 valence electrons. The molecule has 2 aromatic carbocycles. The maximum atomic E-state index is 11.8. The van der Waals surface area contributed by atoms with Gasteiger partial charge in [0.2, 0.25) is 0 Å². The Bertz CT molecular complexity index is 674. The molecule has 0 aliphatic rings. The van der Waals surface area contributed by atoms with E-state index in [-0.39, 0.29) is 12.5 Å². The van der Waals surface area contributed by atoms with Gasteiger partial charge in [-0.3, -0.25) is 9.59 Å². The van der Waals surface area contributed by atoms with Gasteiger partial charge in [-0.25, -0.2) is 0 Å². The minimum absolute atomic E-state index is 0.138. The van der Waals surface area contributed by atoms with Gasteiger partial charge in [0.25, 0.3) is 5.91 Å². The van der Waals surface area contributed by atoms with Crippen LogP contribution in [0.15, 0.2) is 51.4 Å². The van der Waals surface area contributed by atoms with Gasteiger partial charge in [-0.05, 0) is 46.3 Å². The van der Waals surface area contributed by atoms with Crippen LogP contribution in [0.3, 0.4) is 0 Å². The Labute approximate surface area is 138 Å². The Hall–Kier alpha value is -1.66. The van der Waals surface area contributed by atoms with Crippen LogP contribution >= 0.6 is 31.9 Å². The molecule has 0 spiro atoms. The van der Waals surface area contributed by atoms with Crippen LogP contribution in [0, 0.1) is 0 Å². The van der Waals surface area contributed by atoms with Gasteiger partial charge in [0.1, 0.15) is 5.75 Å². The molecule has 1 N–H and O–H groups in total. The van der Waals surface area contributed by atoms with Gasteiger partial charge in [-0.15, -0.1) is 0 Å². The smallest absolute Gasteiger partial charge is 0.262 e. The number of carbonyl (C=O) groups excluding carboxylic acids is 2. The van der Waals surface area contributed by atoms with E-state index in [9.17, 15) is 9.59 Å². The molecule has 0 saturated heterocycles. The van der Waals surface area contributed by atoms with E-state index in [2.05, 4.69) is 37.2 Å². The topological polar surface area (TPSA) is 55.4 Å². The van der Waals surface area contributed by atoms with Crippen molar-refractivity contribution >= 4 is 49.7 Å². The molecular weight excluding hydrogens is 402 g/mol. The first-order valence-corrected chi connectivity index (χ1v) is 7.60. The van der Waals surface area contributed by atoms with Gasteiger partial charge >= 0.3 is 0 Å². The molecule has 0 fully saturated rings. The number of nitrogens with one attached hydrogen (secondary N) is 1. The number of anilines is 1. The molecule has 0 aliphatic heterocycles. The number of amides is 1. The highest BCUT2D eigenvalue weighted by atomic mass is 79.9. The van der Waals surface area contributed by atoms with Crippen LogP contribution in [0.2, 0.25) is 0 Å². The van der Waals surface area contributed by atoms with E-state index in [1.54, 1.807) is 24.3 Å². The molecule has 1 amide bonds. The van der Waals surface area contributed by atoms with Crippen LogP contribution < -0.4 is 10.1 Å². The second-order valence-corrected chi connectivity index (χ2v) is 5.83. The Morgan fingerprint density at radius 3 is 2.62 bits per heavy atom. The summed E-state index contributed by atoms with van der Waals surface area (Å²) in [6, 6.07) is 12.3. The highest BCUT2D eigenvalue weighted by Gasteiger charge is 2.07. The normalized spacial score (nSPS) is 10.0. The quantitative estimate of drug-likeness (QED) is 0.754. The summed E-state index contributed by atoms with van der Waals surface area (Å²) < 4.78 is 6.85. The predicted molar refractivity (Wildman–Crippen MR) is 87.8 cm³/mol. The number of halogens is 2. The van der Waals surface area contributed by atoms with E-state index in [0.29, 0.717) is 21.5 Å². The van der Waals surface area contributed by atoms with Crippen molar-refractivity contribution in [3.63, 3.8) is 0 Å². The molecule has 0 saturated carbocycles. The van der Waals surface area contributed by atoms with Gasteiger partial charge in [-0.2, -0.15) is 0 Å². The summed E-state index contributed by atoms with van der Waals surface area (Å²) in [7, 11) is 0. The van der Waals surface area contributed by atoms with Gasteiger partial charge in [0.05, 0.1) is 5.69 Å². The van der Waals surface area contributed by atoms with Crippen LogP contribution in [0.1, 0.15) is 10.4 Å². The Morgan fingerprint density at radius 1 is 1.14 bits per heavy atom. The third-order valence-electron chi connectivity index (χ3n) is 2.61. The Kier molecular flexibility index (Phi) is 5.52. The molecular formula is C15H11Br2NO3. The molecule has 21 heavy (non-hydrogen) atoms. The molecule has 0 aromatic heterocycles. The first kappa shape index (κ1) is 15.7. The van der Waals surface area contributed by atoms with E-state index in [1.807, 2.05) is 18.2 Å². The van der Waals surface area contributed by atoms with E-state index in [0.717, 1.165) is 10.8 Å². The first-order valence-electron chi connectivity index (χ1n) is 6.02. The third kappa shape index (κ3) is 4.41. The summed E-state index contributed by atoms with van der Waals surface area (Å²) in [6.07, 6.45) is 0.720. The number of hydrogen-bond acceptors (Lipinski definition) is 3. The van der Waals surface area contributed by atoms with Gasteiger partial charge in [0.15, 0.2) is 12.9 Å². The van der Waals surface area contributed by atoms with E-state index in [4.69, 9.17) is 4.74 Å². The van der Waals surface area contributed by atoms with Crippen molar-refractivity contribution < 1.29 is 14.3 Å². The van der Waals surface area contributed by atoms with E-state index < -0.39 is 0 Å². The SMILES string of the molecule is O=Cc1cc(OCC(=O)Nc2ccccc2Br)ccc1Br. The summed E-state index contributed by atoms with van der Waals surface area (Å²) in [5.74, 6) is 0.181. The first-order chi connectivity index (χ1) is 10.1. The number of para-hydroxylation sites is 1. The van der Waals surface area contributed by atoms with Crippen molar-refractivity contribution in [3.05, 3.63) is 57.0 Å². The molecule has 0 radical (unpaired) electrons. The fourth-order valence-electron chi connectivity index (χ4n) is 1.60. The number of ether oxygens (including phenoxy) is 1. The summed E-state index contributed by atoms with van der Waals surface area (Å²) in [6.45, 7) is -0.138. The molecule has 0 heterocycles. The minimum atomic E-state index is -0.280. The third-order valence-corrected chi connectivity index (χ3v) is 4.03. The molecule has 6 heteroatoms. The van der Waals surface area contributed by atoms with Crippen molar-refractivity contribution in [3.8, 4) is 5.75 Å². The second kappa shape index (κ2) is 7.38. The maximum Gasteiger partial charge on any atom is 0.262 e. The zero-order valence-corrected chi connectivity index (χ0v) is 14.0. The van der Waals surface area contributed by atoms with Crippen LogP contribution in [-0.4, -0.2) is 18.8 Å². The van der Waals surface area contributed by atoms with Crippen molar-refractivity contribution in [1.82, 2.24) is 0 Å². The lowest BCUT2D eigenvalue weighted by atomic mass is 10.2. The van der Waals surface area contributed by atoms with E-state index in [1.165, 1.54) is 0 Å². The number of rotatable bonds is 5. The highest BCUT2D eigenvalue weighted by Crippen LogP contribution is 2.22. The number of aldehydes is 1. The lowest BCUT2D eigenvalue weighted by Crippen LogP contribution is -2.20. The lowest BCUT2D eigenvalue weighted by molar-refractivity contribution is -0.118. The zero-order valence-electron chi connectivity index (χ0n) is 10.8. The summed E-state index contributed by atoms with van der Waals surface area (Å²) in [5, 5.41) is 2.73. The molecule has 0 unspecified atom stereocenters. The molecule has 2 rings (SSSR count). The highest BCUT2D eigenvalue weighted by molar-refractivity contribution is 9.11. The maximum absolute atomic E-state index is 11.8. The average molecular weight is 413 g/mol.